The third-order valence-corrected chi connectivity index (χ3v) is 5.07. The highest BCUT2D eigenvalue weighted by molar-refractivity contribution is 7.99. The fraction of sp³-hybridized carbons (Fsp3) is 0.529. The summed E-state index contributed by atoms with van der Waals surface area (Å²) in [5, 5.41) is 2.69. The maximum Gasteiger partial charge on any atom is 0.232 e. The van der Waals surface area contributed by atoms with Crippen LogP contribution in [-0.4, -0.2) is 42.6 Å². The number of piperidine rings is 1. The summed E-state index contributed by atoms with van der Waals surface area (Å²) in [7, 11) is 1.67. The summed E-state index contributed by atoms with van der Waals surface area (Å²) in [5.74, 6) is 1.72. The third-order valence-electron chi connectivity index (χ3n) is 4.08. The summed E-state index contributed by atoms with van der Waals surface area (Å²) in [4.78, 5) is 25.7. The van der Waals surface area contributed by atoms with Crippen molar-refractivity contribution in [3.05, 3.63) is 35.4 Å². The van der Waals surface area contributed by atoms with E-state index in [1.807, 2.05) is 4.90 Å². The number of likely N-dealkylation sites (tertiary alicyclic amines) is 1. The van der Waals surface area contributed by atoms with Crippen LogP contribution in [0.15, 0.2) is 24.3 Å². The van der Waals surface area contributed by atoms with Gasteiger partial charge in [0.2, 0.25) is 11.8 Å². The zero-order valence-electron chi connectivity index (χ0n) is 13.3. The second kappa shape index (κ2) is 8.22. The van der Waals surface area contributed by atoms with E-state index in [2.05, 4.69) is 36.5 Å². The molecule has 0 bridgehead atoms. The molecule has 2 amide bonds. The fourth-order valence-corrected chi connectivity index (χ4v) is 3.51. The fourth-order valence-electron chi connectivity index (χ4n) is 2.63. The summed E-state index contributed by atoms with van der Waals surface area (Å²) >= 11 is 1.66. The van der Waals surface area contributed by atoms with Crippen molar-refractivity contribution >= 4 is 23.6 Å². The van der Waals surface area contributed by atoms with E-state index < -0.39 is 0 Å². The van der Waals surface area contributed by atoms with E-state index in [1.165, 1.54) is 11.1 Å². The van der Waals surface area contributed by atoms with Crippen LogP contribution in [0.2, 0.25) is 0 Å². The Bertz CT molecular complexity index is 508. The van der Waals surface area contributed by atoms with Gasteiger partial charge in [0.1, 0.15) is 0 Å². The lowest BCUT2D eigenvalue weighted by Crippen LogP contribution is -2.43. The van der Waals surface area contributed by atoms with Crippen LogP contribution in [0.1, 0.15) is 24.0 Å². The van der Waals surface area contributed by atoms with Crippen LogP contribution in [0.4, 0.5) is 0 Å². The smallest absolute Gasteiger partial charge is 0.232 e. The molecule has 1 aliphatic rings. The van der Waals surface area contributed by atoms with Crippen molar-refractivity contribution in [3.8, 4) is 0 Å². The maximum atomic E-state index is 12.2. The van der Waals surface area contributed by atoms with Gasteiger partial charge in [0.05, 0.1) is 5.75 Å². The molecule has 1 N–H and O–H groups in total. The van der Waals surface area contributed by atoms with Crippen molar-refractivity contribution in [2.45, 2.75) is 25.5 Å². The highest BCUT2D eigenvalue weighted by Crippen LogP contribution is 2.19. The molecule has 1 aromatic rings. The number of carbonyl (C=O) groups excluding carboxylic acids is 2. The SMILES string of the molecule is CNC(=O)C1CCN(C(=O)CSCc2ccc(C)cc2)CC1. The Kier molecular flexibility index (Phi) is 6.31. The molecule has 2 rings (SSSR count). The number of amides is 2. The monoisotopic (exact) mass is 320 g/mol. The van der Waals surface area contributed by atoms with Crippen molar-refractivity contribution in [2.75, 3.05) is 25.9 Å². The Labute approximate surface area is 136 Å². The molecule has 1 aromatic carbocycles. The van der Waals surface area contributed by atoms with Crippen LogP contribution in [-0.2, 0) is 15.3 Å². The van der Waals surface area contributed by atoms with Crippen molar-refractivity contribution in [1.82, 2.24) is 10.2 Å². The minimum absolute atomic E-state index is 0.0641. The molecule has 4 nitrogen and oxygen atoms in total. The highest BCUT2D eigenvalue weighted by atomic mass is 32.2. The molecular weight excluding hydrogens is 296 g/mol. The predicted molar refractivity (Wildman–Crippen MR) is 90.7 cm³/mol. The van der Waals surface area contributed by atoms with E-state index in [9.17, 15) is 9.59 Å². The second-order valence-electron chi connectivity index (χ2n) is 5.75. The molecule has 0 atom stereocenters. The molecule has 1 aliphatic heterocycles. The molecular formula is C17H24N2O2S. The van der Waals surface area contributed by atoms with Crippen LogP contribution in [0, 0.1) is 12.8 Å². The third kappa shape index (κ3) is 4.77. The lowest BCUT2D eigenvalue weighted by molar-refractivity contribution is -0.133. The van der Waals surface area contributed by atoms with E-state index in [1.54, 1.807) is 18.8 Å². The predicted octanol–water partition coefficient (Wildman–Crippen LogP) is 2.21. The standard InChI is InChI=1S/C17H24N2O2S/c1-13-3-5-14(6-4-13)11-22-12-16(20)19-9-7-15(8-10-19)17(21)18-2/h3-6,15H,7-12H2,1-2H3,(H,18,21). The normalized spacial score (nSPS) is 15.6. The summed E-state index contributed by atoms with van der Waals surface area (Å²) in [5.41, 5.74) is 2.51. The van der Waals surface area contributed by atoms with E-state index in [0.717, 1.165) is 18.6 Å². The number of hydrogen-bond donors (Lipinski definition) is 1. The van der Waals surface area contributed by atoms with Crippen molar-refractivity contribution < 1.29 is 9.59 Å². The van der Waals surface area contributed by atoms with Gasteiger partial charge >= 0.3 is 0 Å². The number of benzene rings is 1. The molecule has 0 unspecified atom stereocenters. The first kappa shape index (κ1) is 16.9. The number of hydrogen-bond acceptors (Lipinski definition) is 3. The first-order valence-corrected chi connectivity index (χ1v) is 8.88. The van der Waals surface area contributed by atoms with Gasteiger partial charge in [-0.3, -0.25) is 9.59 Å². The number of aryl methyl sites for hydroxylation is 1. The van der Waals surface area contributed by atoms with Gasteiger partial charge in [-0.05, 0) is 25.3 Å². The number of thioether (sulfide) groups is 1. The Hall–Kier alpha value is -1.49. The molecule has 0 saturated carbocycles. The molecule has 5 heteroatoms. The molecule has 1 fully saturated rings. The molecule has 1 heterocycles. The second-order valence-corrected chi connectivity index (χ2v) is 6.73. The highest BCUT2D eigenvalue weighted by Gasteiger charge is 2.26. The van der Waals surface area contributed by atoms with Gasteiger partial charge in [0.25, 0.3) is 0 Å². The van der Waals surface area contributed by atoms with Gasteiger partial charge in [0, 0.05) is 31.8 Å². The Morgan fingerprint density at radius 2 is 1.86 bits per heavy atom. The number of carbonyl (C=O) groups is 2. The average Bonchev–Trinajstić information content (AvgIpc) is 2.56. The average molecular weight is 320 g/mol. The number of nitrogens with zero attached hydrogens (tertiary/aromatic N) is 1. The van der Waals surface area contributed by atoms with E-state index in [-0.39, 0.29) is 17.7 Å². The molecule has 0 aromatic heterocycles. The Morgan fingerprint density at radius 3 is 2.45 bits per heavy atom. The first-order chi connectivity index (χ1) is 10.6. The molecule has 1 saturated heterocycles. The zero-order valence-corrected chi connectivity index (χ0v) is 14.1. The van der Waals surface area contributed by atoms with E-state index in [0.29, 0.717) is 18.8 Å². The van der Waals surface area contributed by atoms with Gasteiger partial charge in [-0.25, -0.2) is 0 Å². The van der Waals surface area contributed by atoms with Gasteiger partial charge in [-0.1, -0.05) is 29.8 Å². The molecule has 120 valence electrons. The van der Waals surface area contributed by atoms with Gasteiger partial charge in [0.15, 0.2) is 0 Å². The van der Waals surface area contributed by atoms with Crippen molar-refractivity contribution in [3.63, 3.8) is 0 Å². The first-order valence-electron chi connectivity index (χ1n) is 7.73. The quantitative estimate of drug-likeness (QED) is 0.905. The van der Waals surface area contributed by atoms with Crippen LogP contribution >= 0.6 is 11.8 Å². The summed E-state index contributed by atoms with van der Waals surface area (Å²) in [6, 6.07) is 8.42. The minimum Gasteiger partial charge on any atom is -0.359 e. The molecule has 0 radical (unpaired) electrons. The Morgan fingerprint density at radius 1 is 1.23 bits per heavy atom. The number of nitrogens with one attached hydrogen (secondary N) is 1. The summed E-state index contributed by atoms with van der Waals surface area (Å²) in [6.45, 7) is 3.47. The van der Waals surface area contributed by atoms with Gasteiger partial charge in [-0.2, -0.15) is 0 Å². The topological polar surface area (TPSA) is 49.4 Å². The van der Waals surface area contributed by atoms with Crippen molar-refractivity contribution in [1.29, 1.82) is 0 Å². The van der Waals surface area contributed by atoms with Crippen LogP contribution in [0.25, 0.3) is 0 Å². The molecule has 0 aliphatic carbocycles. The molecule has 22 heavy (non-hydrogen) atoms. The summed E-state index contributed by atoms with van der Waals surface area (Å²) in [6.07, 6.45) is 1.54. The van der Waals surface area contributed by atoms with E-state index in [4.69, 9.17) is 0 Å². The van der Waals surface area contributed by atoms with Crippen LogP contribution < -0.4 is 5.32 Å². The number of rotatable bonds is 5. The molecule has 0 spiro atoms. The van der Waals surface area contributed by atoms with Crippen LogP contribution in [0.3, 0.4) is 0 Å². The van der Waals surface area contributed by atoms with Gasteiger partial charge in [-0.15, -0.1) is 11.8 Å². The van der Waals surface area contributed by atoms with Gasteiger partial charge < -0.3 is 10.2 Å². The zero-order chi connectivity index (χ0) is 15.9. The lowest BCUT2D eigenvalue weighted by atomic mass is 9.96. The van der Waals surface area contributed by atoms with Crippen LogP contribution in [0.5, 0.6) is 0 Å². The summed E-state index contributed by atoms with van der Waals surface area (Å²) < 4.78 is 0. The Balaban J connectivity index is 1.70. The lowest BCUT2D eigenvalue weighted by Gasteiger charge is -2.31. The van der Waals surface area contributed by atoms with E-state index >= 15 is 0 Å². The largest absolute Gasteiger partial charge is 0.359 e. The van der Waals surface area contributed by atoms with Crippen molar-refractivity contribution in [2.24, 2.45) is 5.92 Å². The minimum atomic E-state index is 0.0641. The maximum absolute atomic E-state index is 12.2.